The van der Waals surface area contributed by atoms with Crippen molar-refractivity contribution in [1.29, 1.82) is 0 Å². The Morgan fingerprint density at radius 1 is 1.12 bits per heavy atom. The summed E-state index contributed by atoms with van der Waals surface area (Å²) in [6, 6.07) is 6.62. The molecule has 2 rings (SSSR count). The van der Waals surface area contributed by atoms with E-state index < -0.39 is 17.5 Å². The number of carbonyl (C=O) groups excluding carboxylic acids is 3. The number of ether oxygens (including phenoxy) is 1. The summed E-state index contributed by atoms with van der Waals surface area (Å²) in [5.41, 5.74) is 0.666. The molecule has 1 aromatic rings. The summed E-state index contributed by atoms with van der Waals surface area (Å²) in [7, 11) is 1.17. The zero-order chi connectivity index (χ0) is 11.7. The van der Waals surface area contributed by atoms with E-state index in [0.29, 0.717) is 11.1 Å². The van der Waals surface area contributed by atoms with Gasteiger partial charge in [0.1, 0.15) is 5.57 Å². The molecule has 4 nitrogen and oxygen atoms in total. The maximum atomic E-state index is 11.6. The summed E-state index contributed by atoms with van der Waals surface area (Å²) in [5.74, 6) is -2.27. The fraction of sp³-hybridized carbons (Fsp3) is 0.0833. The van der Waals surface area contributed by atoms with Gasteiger partial charge in [0.15, 0.2) is 0 Å². The van der Waals surface area contributed by atoms with Crippen LogP contribution in [0, 0.1) is 0 Å². The molecule has 16 heavy (non-hydrogen) atoms. The van der Waals surface area contributed by atoms with Crippen molar-refractivity contribution in [3.05, 3.63) is 41.0 Å². The molecule has 0 aliphatic heterocycles. The van der Waals surface area contributed by atoms with E-state index in [9.17, 15) is 14.4 Å². The van der Waals surface area contributed by atoms with Gasteiger partial charge in [0, 0.05) is 5.56 Å². The molecule has 0 heterocycles. The summed E-state index contributed by atoms with van der Waals surface area (Å²) in [5, 5.41) is 0. The van der Waals surface area contributed by atoms with Gasteiger partial charge < -0.3 is 4.74 Å². The first-order valence-electron chi connectivity index (χ1n) is 4.63. The molecule has 0 spiro atoms. The molecule has 80 valence electrons. The number of esters is 1. The molecule has 0 amide bonds. The highest BCUT2D eigenvalue weighted by Crippen LogP contribution is 2.21. The predicted molar refractivity (Wildman–Crippen MR) is 55.8 cm³/mol. The second kappa shape index (κ2) is 3.73. The van der Waals surface area contributed by atoms with Gasteiger partial charge in [-0.05, 0) is 11.6 Å². The molecule has 1 aromatic carbocycles. The fourth-order valence-electron chi connectivity index (χ4n) is 1.56. The van der Waals surface area contributed by atoms with E-state index in [-0.39, 0.29) is 5.57 Å². The first kappa shape index (κ1) is 10.3. The normalized spacial score (nSPS) is 14.2. The van der Waals surface area contributed by atoms with E-state index in [0.717, 1.165) is 0 Å². The van der Waals surface area contributed by atoms with Crippen LogP contribution in [0.1, 0.15) is 15.9 Å². The highest BCUT2D eigenvalue weighted by atomic mass is 16.5. The van der Waals surface area contributed by atoms with Gasteiger partial charge in [0.2, 0.25) is 11.6 Å². The third kappa shape index (κ3) is 1.44. The Kier molecular flexibility index (Phi) is 2.40. The van der Waals surface area contributed by atoms with Crippen LogP contribution in [0.3, 0.4) is 0 Å². The number of rotatable bonds is 1. The second-order valence-corrected chi connectivity index (χ2v) is 3.30. The standard InChI is InChI=1S/C12H8O4/c1-16-12(15)9-6-7-4-2-3-5-8(7)10(13)11(9)14/h2-6H,1H3. The molecular weight excluding hydrogens is 208 g/mol. The summed E-state index contributed by atoms with van der Waals surface area (Å²) in [6.07, 6.45) is 1.38. The lowest BCUT2D eigenvalue weighted by Gasteiger charge is -2.12. The smallest absolute Gasteiger partial charge is 0.342 e. The van der Waals surface area contributed by atoms with Crippen molar-refractivity contribution in [2.24, 2.45) is 0 Å². The zero-order valence-corrected chi connectivity index (χ0v) is 8.52. The SMILES string of the molecule is COC(=O)C1=Cc2ccccc2C(=O)C1=O. The van der Waals surface area contributed by atoms with Crippen LogP contribution < -0.4 is 0 Å². The molecule has 0 unspecified atom stereocenters. The van der Waals surface area contributed by atoms with E-state index >= 15 is 0 Å². The van der Waals surface area contributed by atoms with Crippen molar-refractivity contribution in [1.82, 2.24) is 0 Å². The van der Waals surface area contributed by atoms with Crippen LogP contribution in [0.15, 0.2) is 29.8 Å². The van der Waals surface area contributed by atoms with Crippen LogP contribution in [-0.4, -0.2) is 24.6 Å². The Bertz CT molecular complexity index is 526. The summed E-state index contributed by atoms with van der Waals surface area (Å²) in [6.45, 7) is 0. The lowest BCUT2D eigenvalue weighted by molar-refractivity contribution is -0.137. The first-order chi connectivity index (χ1) is 7.65. The molecule has 0 N–H and O–H groups in total. The molecule has 4 heteroatoms. The summed E-state index contributed by atoms with van der Waals surface area (Å²) in [4.78, 5) is 34.5. The van der Waals surface area contributed by atoms with Crippen LogP contribution in [-0.2, 0) is 14.3 Å². The minimum absolute atomic E-state index is 0.216. The first-order valence-corrected chi connectivity index (χ1v) is 4.63. The summed E-state index contributed by atoms with van der Waals surface area (Å²) >= 11 is 0. The van der Waals surface area contributed by atoms with Crippen LogP contribution in [0.4, 0.5) is 0 Å². The van der Waals surface area contributed by atoms with Crippen LogP contribution in [0.2, 0.25) is 0 Å². The quantitative estimate of drug-likeness (QED) is 0.399. The zero-order valence-electron chi connectivity index (χ0n) is 8.52. The number of methoxy groups -OCH3 is 1. The van der Waals surface area contributed by atoms with Gasteiger partial charge in [-0.25, -0.2) is 4.79 Å². The number of benzene rings is 1. The molecular formula is C12H8O4. The topological polar surface area (TPSA) is 60.4 Å². The van der Waals surface area contributed by atoms with E-state index in [1.54, 1.807) is 24.3 Å². The highest BCUT2D eigenvalue weighted by molar-refractivity contribution is 6.56. The van der Waals surface area contributed by atoms with Gasteiger partial charge in [-0.3, -0.25) is 9.59 Å². The van der Waals surface area contributed by atoms with E-state index in [2.05, 4.69) is 4.74 Å². The molecule has 1 aliphatic rings. The molecule has 0 aromatic heterocycles. The Morgan fingerprint density at radius 2 is 1.81 bits per heavy atom. The number of hydrogen-bond donors (Lipinski definition) is 0. The molecule has 0 saturated heterocycles. The Labute approximate surface area is 91.5 Å². The van der Waals surface area contributed by atoms with Gasteiger partial charge in [0.05, 0.1) is 7.11 Å². The fourth-order valence-corrected chi connectivity index (χ4v) is 1.56. The van der Waals surface area contributed by atoms with Crippen LogP contribution >= 0.6 is 0 Å². The second-order valence-electron chi connectivity index (χ2n) is 3.30. The van der Waals surface area contributed by atoms with Gasteiger partial charge in [-0.2, -0.15) is 0 Å². The van der Waals surface area contributed by atoms with Crippen molar-refractivity contribution in [3.63, 3.8) is 0 Å². The largest absolute Gasteiger partial charge is 0.465 e. The van der Waals surface area contributed by atoms with E-state index in [4.69, 9.17) is 0 Å². The van der Waals surface area contributed by atoms with Gasteiger partial charge >= 0.3 is 5.97 Å². The van der Waals surface area contributed by atoms with Crippen molar-refractivity contribution < 1.29 is 19.1 Å². The lowest BCUT2D eigenvalue weighted by Crippen LogP contribution is -2.26. The van der Waals surface area contributed by atoms with E-state index in [1.165, 1.54) is 13.2 Å². The molecule has 0 atom stereocenters. The maximum Gasteiger partial charge on any atom is 0.342 e. The average Bonchev–Trinajstić information content (AvgIpc) is 2.33. The molecule has 0 fully saturated rings. The number of fused-ring (bicyclic) bond motifs is 1. The minimum Gasteiger partial charge on any atom is -0.465 e. The summed E-state index contributed by atoms with van der Waals surface area (Å²) < 4.78 is 4.44. The predicted octanol–water partition coefficient (Wildman–Crippen LogP) is 1.01. The monoisotopic (exact) mass is 216 g/mol. The molecule has 0 radical (unpaired) electrons. The van der Waals surface area contributed by atoms with Crippen molar-refractivity contribution in [2.45, 2.75) is 0 Å². The molecule has 0 saturated carbocycles. The van der Waals surface area contributed by atoms with Crippen molar-refractivity contribution in [3.8, 4) is 0 Å². The molecule has 0 bridgehead atoms. The highest BCUT2D eigenvalue weighted by Gasteiger charge is 2.31. The Balaban J connectivity index is 2.60. The number of carbonyl (C=O) groups is 3. The average molecular weight is 216 g/mol. The molecule has 1 aliphatic carbocycles. The number of ketones is 2. The van der Waals surface area contributed by atoms with E-state index in [1.807, 2.05) is 0 Å². The number of Topliss-reactive ketones (excluding diaryl/α,β-unsaturated/α-hetero) is 2. The van der Waals surface area contributed by atoms with Crippen LogP contribution in [0.25, 0.3) is 6.08 Å². The van der Waals surface area contributed by atoms with Crippen molar-refractivity contribution >= 4 is 23.6 Å². The van der Waals surface area contributed by atoms with Gasteiger partial charge in [-0.1, -0.05) is 24.3 Å². The Hall–Kier alpha value is -2.23. The third-order valence-electron chi connectivity index (χ3n) is 2.36. The van der Waals surface area contributed by atoms with Crippen molar-refractivity contribution in [2.75, 3.05) is 7.11 Å². The third-order valence-corrected chi connectivity index (χ3v) is 2.36. The Morgan fingerprint density at radius 3 is 2.50 bits per heavy atom. The maximum absolute atomic E-state index is 11.6. The number of hydrogen-bond acceptors (Lipinski definition) is 4. The van der Waals surface area contributed by atoms with Gasteiger partial charge in [0.25, 0.3) is 0 Å². The van der Waals surface area contributed by atoms with Crippen LogP contribution in [0.5, 0.6) is 0 Å². The lowest BCUT2D eigenvalue weighted by atomic mass is 9.90. The van der Waals surface area contributed by atoms with Gasteiger partial charge in [-0.15, -0.1) is 0 Å². The minimum atomic E-state index is -0.814.